The van der Waals surface area contributed by atoms with Gasteiger partial charge in [0.15, 0.2) is 6.10 Å². The first-order valence-electron chi connectivity index (χ1n) is 34.6. The van der Waals surface area contributed by atoms with Crippen molar-refractivity contribution in [2.45, 2.75) is 380 Å². The Labute approximate surface area is 486 Å². The summed E-state index contributed by atoms with van der Waals surface area (Å²) in [6, 6.07) is 0. The molecule has 0 amide bonds. The highest BCUT2D eigenvalue weighted by molar-refractivity contribution is 5.71. The second-order valence-electron chi connectivity index (χ2n) is 23.4. The molecule has 0 saturated carbocycles. The van der Waals surface area contributed by atoms with E-state index < -0.39 is 6.10 Å². The van der Waals surface area contributed by atoms with Gasteiger partial charge in [0.2, 0.25) is 0 Å². The molecule has 0 radical (unpaired) electrons. The molecule has 0 rings (SSSR count). The highest BCUT2D eigenvalue weighted by atomic mass is 16.6. The van der Waals surface area contributed by atoms with Crippen molar-refractivity contribution in [3.63, 3.8) is 0 Å². The van der Waals surface area contributed by atoms with Crippen molar-refractivity contribution in [1.29, 1.82) is 0 Å². The van der Waals surface area contributed by atoms with Crippen LogP contribution in [0.25, 0.3) is 0 Å². The van der Waals surface area contributed by atoms with Gasteiger partial charge in [0.25, 0.3) is 0 Å². The molecule has 0 bridgehead atoms. The van der Waals surface area contributed by atoms with Gasteiger partial charge in [-0.1, -0.05) is 345 Å². The van der Waals surface area contributed by atoms with Crippen LogP contribution in [-0.4, -0.2) is 37.2 Å². The predicted octanol–water partition coefficient (Wildman–Crippen LogP) is 23.7. The number of esters is 3. The number of hydrogen-bond acceptors (Lipinski definition) is 6. The van der Waals surface area contributed by atoms with Gasteiger partial charge in [0.05, 0.1) is 0 Å². The second-order valence-corrected chi connectivity index (χ2v) is 23.4. The maximum atomic E-state index is 12.9. The molecular formula is C72H132O6. The van der Waals surface area contributed by atoms with Crippen molar-refractivity contribution in [1.82, 2.24) is 0 Å². The summed E-state index contributed by atoms with van der Waals surface area (Å²) in [6.45, 7) is 6.60. The highest BCUT2D eigenvalue weighted by Crippen LogP contribution is 2.18. The van der Waals surface area contributed by atoms with Crippen LogP contribution in [0.3, 0.4) is 0 Å². The van der Waals surface area contributed by atoms with E-state index in [-0.39, 0.29) is 31.1 Å². The summed E-state index contributed by atoms with van der Waals surface area (Å²) < 4.78 is 17.0. The monoisotopic (exact) mass is 1090 g/mol. The van der Waals surface area contributed by atoms with Gasteiger partial charge in [0, 0.05) is 19.3 Å². The Morgan fingerprint density at radius 3 is 0.782 bits per heavy atom. The van der Waals surface area contributed by atoms with Crippen LogP contribution in [0.15, 0.2) is 48.6 Å². The minimum absolute atomic E-state index is 0.0669. The van der Waals surface area contributed by atoms with Crippen LogP contribution >= 0.6 is 0 Å². The van der Waals surface area contributed by atoms with Crippen molar-refractivity contribution in [3.05, 3.63) is 48.6 Å². The molecule has 78 heavy (non-hydrogen) atoms. The third-order valence-corrected chi connectivity index (χ3v) is 15.6. The van der Waals surface area contributed by atoms with Crippen molar-refractivity contribution in [2.75, 3.05) is 13.2 Å². The lowest BCUT2D eigenvalue weighted by Crippen LogP contribution is -2.30. The number of carbonyl (C=O) groups is 3. The summed E-state index contributed by atoms with van der Waals surface area (Å²) in [5.74, 6) is -0.839. The quantitative estimate of drug-likeness (QED) is 0.0261. The summed E-state index contributed by atoms with van der Waals surface area (Å²) >= 11 is 0. The molecule has 6 nitrogen and oxygen atoms in total. The fourth-order valence-electron chi connectivity index (χ4n) is 10.4. The molecule has 0 aliphatic rings. The van der Waals surface area contributed by atoms with Crippen molar-refractivity contribution < 1.29 is 28.6 Å². The largest absolute Gasteiger partial charge is 0.462 e. The zero-order valence-corrected chi connectivity index (χ0v) is 52.5. The van der Waals surface area contributed by atoms with Gasteiger partial charge in [-0.25, -0.2) is 0 Å². The molecule has 1 atom stereocenters. The Hall–Kier alpha value is -2.63. The summed E-state index contributed by atoms with van der Waals surface area (Å²) in [7, 11) is 0. The van der Waals surface area contributed by atoms with E-state index in [1.54, 1.807) is 0 Å². The smallest absolute Gasteiger partial charge is 0.306 e. The van der Waals surface area contributed by atoms with Crippen LogP contribution in [0.1, 0.15) is 374 Å². The summed E-state index contributed by atoms with van der Waals surface area (Å²) in [4.78, 5) is 38.4. The van der Waals surface area contributed by atoms with Gasteiger partial charge in [-0.2, -0.15) is 0 Å². The minimum Gasteiger partial charge on any atom is -0.462 e. The molecule has 0 aromatic carbocycles. The van der Waals surface area contributed by atoms with Crippen molar-refractivity contribution in [3.8, 4) is 0 Å². The summed E-state index contributed by atoms with van der Waals surface area (Å²) in [6.07, 6.45) is 84.1. The maximum Gasteiger partial charge on any atom is 0.306 e. The minimum atomic E-state index is -0.771. The van der Waals surface area contributed by atoms with Gasteiger partial charge in [-0.15, -0.1) is 0 Å². The van der Waals surface area contributed by atoms with Crippen molar-refractivity contribution in [2.24, 2.45) is 0 Å². The lowest BCUT2D eigenvalue weighted by molar-refractivity contribution is -0.167. The fourth-order valence-corrected chi connectivity index (χ4v) is 10.4. The van der Waals surface area contributed by atoms with E-state index in [4.69, 9.17) is 14.2 Å². The van der Waals surface area contributed by atoms with E-state index in [0.29, 0.717) is 19.3 Å². The zero-order chi connectivity index (χ0) is 56.4. The Morgan fingerprint density at radius 2 is 0.500 bits per heavy atom. The van der Waals surface area contributed by atoms with Crippen LogP contribution < -0.4 is 0 Å². The highest BCUT2D eigenvalue weighted by Gasteiger charge is 2.19. The molecule has 0 N–H and O–H groups in total. The van der Waals surface area contributed by atoms with E-state index in [1.165, 1.54) is 250 Å². The van der Waals surface area contributed by atoms with Crippen molar-refractivity contribution >= 4 is 17.9 Å². The Bertz CT molecular complexity index is 1350. The molecule has 0 spiro atoms. The van der Waals surface area contributed by atoms with Gasteiger partial charge in [-0.3, -0.25) is 14.4 Å². The van der Waals surface area contributed by atoms with Gasteiger partial charge in [-0.05, 0) is 57.8 Å². The lowest BCUT2D eigenvalue weighted by Gasteiger charge is -2.18. The molecule has 0 aromatic rings. The number of ether oxygens (including phenoxy) is 3. The maximum absolute atomic E-state index is 12.9. The SMILES string of the molecule is CC/C=C\C/C=C\C/C=C\C/C=C\CCCCCCCCCCCCCCC(=O)OCC(COC(=O)CCCCCCCCCCCCCCCCC)OC(=O)CCCCCCCCCCCCCCCCCCCCCC. The van der Waals surface area contributed by atoms with E-state index in [9.17, 15) is 14.4 Å². The molecule has 1 unspecified atom stereocenters. The Morgan fingerprint density at radius 1 is 0.269 bits per heavy atom. The molecule has 0 aliphatic carbocycles. The third kappa shape index (κ3) is 64.2. The molecule has 0 aliphatic heterocycles. The molecule has 0 heterocycles. The molecular weight excluding hydrogens is 961 g/mol. The van der Waals surface area contributed by atoms with Gasteiger partial charge < -0.3 is 14.2 Å². The zero-order valence-electron chi connectivity index (χ0n) is 52.5. The first-order chi connectivity index (χ1) is 38.5. The van der Waals surface area contributed by atoms with E-state index >= 15 is 0 Å². The lowest BCUT2D eigenvalue weighted by atomic mass is 10.0. The molecule has 0 saturated heterocycles. The molecule has 6 heteroatoms. The summed E-state index contributed by atoms with van der Waals surface area (Å²) in [5, 5.41) is 0. The average molecular weight is 1090 g/mol. The standard InChI is InChI=1S/C72H132O6/c1-4-7-10-13-16-19-22-25-28-30-32-34-35-36-37-38-40-41-44-47-50-53-56-59-62-65-71(74)77-68-69(67-76-70(73)64-61-58-55-52-49-46-43-27-24-21-18-15-12-9-6-3)78-72(75)66-63-60-57-54-51-48-45-42-39-33-31-29-26-23-20-17-14-11-8-5-2/h7,10,16,19,25,28,32,34,69H,4-6,8-9,11-15,17-18,20-24,26-27,29-31,33,35-68H2,1-3H3/b10-7-,19-16-,28-25-,34-32-. The Kier molecular flexibility index (Phi) is 64.6. The topological polar surface area (TPSA) is 78.9 Å². The van der Waals surface area contributed by atoms with Crippen LogP contribution in [0.2, 0.25) is 0 Å². The van der Waals surface area contributed by atoms with Crippen LogP contribution in [0, 0.1) is 0 Å². The van der Waals surface area contributed by atoms with E-state index in [2.05, 4.69) is 69.4 Å². The van der Waals surface area contributed by atoms with Crippen LogP contribution in [0.5, 0.6) is 0 Å². The number of carbonyl (C=O) groups excluding carboxylic acids is 3. The number of allylic oxidation sites excluding steroid dienone is 8. The Balaban J connectivity index is 4.28. The summed E-state index contributed by atoms with van der Waals surface area (Å²) in [5.41, 5.74) is 0. The number of hydrogen-bond donors (Lipinski definition) is 0. The first kappa shape index (κ1) is 75.4. The number of unbranched alkanes of at least 4 members (excludes halogenated alkanes) is 45. The second kappa shape index (κ2) is 66.9. The van der Waals surface area contributed by atoms with Gasteiger partial charge >= 0.3 is 17.9 Å². The average Bonchev–Trinajstić information content (AvgIpc) is 3.44. The molecule has 456 valence electrons. The van der Waals surface area contributed by atoms with Crippen LogP contribution in [0.4, 0.5) is 0 Å². The normalized spacial score (nSPS) is 12.3. The third-order valence-electron chi connectivity index (χ3n) is 15.6. The molecule has 0 aromatic heterocycles. The first-order valence-corrected chi connectivity index (χ1v) is 34.6. The number of rotatable bonds is 64. The fraction of sp³-hybridized carbons (Fsp3) is 0.847. The van der Waals surface area contributed by atoms with Crippen LogP contribution in [-0.2, 0) is 28.6 Å². The molecule has 0 fully saturated rings. The van der Waals surface area contributed by atoms with E-state index in [1.807, 2.05) is 0 Å². The van der Waals surface area contributed by atoms with E-state index in [0.717, 1.165) is 83.5 Å². The van der Waals surface area contributed by atoms with Gasteiger partial charge in [0.1, 0.15) is 13.2 Å². The predicted molar refractivity (Wildman–Crippen MR) is 339 cm³/mol.